The number of amides is 2. The van der Waals surface area contributed by atoms with E-state index in [9.17, 15) is 9.59 Å². The third kappa shape index (κ3) is 3.74. The Kier molecular flexibility index (Phi) is 5.63. The van der Waals surface area contributed by atoms with Crippen molar-refractivity contribution >= 4 is 18.0 Å². The molecule has 0 spiro atoms. The molecule has 188 valence electrons. The molecular formula is C31H30N2O4. The molecule has 3 aromatic rings. The lowest BCUT2D eigenvalue weighted by Gasteiger charge is -2.45. The average Bonchev–Trinajstić information content (AvgIpc) is 3.13. The fourth-order valence-electron chi connectivity index (χ4n) is 6.22. The van der Waals surface area contributed by atoms with Gasteiger partial charge in [-0.3, -0.25) is 9.59 Å². The van der Waals surface area contributed by atoms with E-state index in [1.54, 1.807) is 6.21 Å². The molecule has 0 saturated carbocycles. The molecule has 1 aliphatic heterocycles. The van der Waals surface area contributed by atoms with Crippen LogP contribution in [0.1, 0.15) is 67.3 Å². The van der Waals surface area contributed by atoms with Crippen LogP contribution in [0.25, 0.3) is 0 Å². The summed E-state index contributed by atoms with van der Waals surface area (Å²) in [6, 6.07) is 21.9. The van der Waals surface area contributed by atoms with Crippen LogP contribution in [0.15, 0.2) is 71.8 Å². The van der Waals surface area contributed by atoms with E-state index in [1.165, 1.54) is 0 Å². The number of benzene rings is 3. The second kappa shape index (κ2) is 8.87. The first-order valence-electron chi connectivity index (χ1n) is 12.9. The number of ether oxygens (including phenoxy) is 2. The van der Waals surface area contributed by atoms with Gasteiger partial charge in [-0.2, -0.15) is 10.1 Å². The van der Waals surface area contributed by atoms with Crippen LogP contribution < -0.4 is 9.47 Å². The number of rotatable bonds is 6. The van der Waals surface area contributed by atoms with Crippen molar-refractivity contribution in [1.82, 2.24) is 5.01 Å². The van der Waals surface area contributed by atoms with E-state index < -0.39 is 11.8 Å². The highest BCUT2D eigenvalue weighted by Crippen LogP contribution is 2.60. The first-order chi connectivity index (χ1) is 17.8. The number of hydrogen-bond acceptors (Lipinski definition) is 5. The zero-order valence-corrected chi connectivity index (χ0v) is 21.4. The van der Waals surface area contributed by atoms with Gasteiger partial charge in [-0.25, -0.2) is 0 Å². The summed E-state index contributed by atoms with van der Waals surface area (Å²) < 4.78 is 11.8. The standard InChI is InChI=1S/C31H30N2O4/c1-17(2)36-20-14-13-19(25(15-20)37-18(3)4)16-32-33-30(34)28-26-21-9-5-6-10-22(21)27(29(28)31(33)35)24-12-8-7-11-23(24)26/h5-18,26-29H,1-4H3/b32-16+. The third-order valence-corrected chi connectivity index (χ3v) is 7.46. The number of carbonyl (C=O) groups excluding carboxylic acids is 2. The van der Waals surface area contributed by atoms with Gasteiger partial charge < -0.3 is 9.47 Å². The van der Waals surface area contributed by atoms with Crippen molar-refractivity contribution < 1.29 is 19.1 Å². The Morgan fingerprint density at radius 3 is 1.68 bits per heavy atom. The summed E-state index contributed by atoms with van der Waals surface area (Å²) in [6.07, 6.45) is 1.51. The lowest BCUT2D eigenvalue weighted by atomic mass is 9.55. The second-order valence-corrected chi connectivity index (χ2v) is 10.5. The van der Waals surface area contributed by atoms with E-state index in [0.717, 1.165) is 27.3 Å². The molecule has 2 bridgehead atoms. The molecule has 1 heterocycles. The van der Waals surface area contributed by atoms with Crippen molar-refractivity contribution in [2.45, 2.75) is 51.7 Å². The SMILES string of the molecule is CC(C)Oc1ccc(/C=N/N2C(=O)C3C4c5ccccc5C(c5ccccc54)C3C2=O)c(OC(C)C)c1. The summed E-state index contributed by atoms with van der Waals surface area (Å²) in [5.41, 5.74) is 5.26. The van der Waals surface area contributed by atoms with Gasteiger partial charge in [0.1, 0.15) is 11.5 Å². The molecule has 2 unspecified atom stereocenters. The van der Waals surface area contributed by atoms with E-state index in [1.807, 2.05) is 70.2 Å². The molecule has 1 saturated heterocycles. The highest BCUT2D eigenvalue weighted by Gasteiger charge is 2.61. The Balaban J connectivity index is 1.36. The molecule has 6 nitrogen and oxygen atoms in total. The largest absolute Gasteiger partial charge is 0.491 e. The van der Waals surface area contributed by atoms with Crippen LogP contribution >= 0.6 is 0 Å². The van der Waals surface area contributed by atoms with Crippen LogP contribution in [0.5, 0.6) is 11.5 Å². The molecule has 1 fully saturated rings. The minimum absolute atomic E-state index is 0.0261. The maximum atomic E-state index is 13.8. The molecule has 3 aliphatic carbocycles. The van der Waals surface area contributed by atoms with Crippen molar-refractivity contribution in [2.24, 2.45) is 16.9 Å². The number of hydrogen-bond donors (Lipinski definition) is 0. The van der Waals surface area contributed by atoms with Gasteiger partial charge in [-0.1, -0.05) is 48.5 Å². The lowest BCUT2D eigenvalue weighted by Crippen LogP contribution is -2.41. The predicted octanol–water partition coefficient (Wildman–Crippen LogP) is 5.49. The molecule has 3 aromatic carbocycles. The number of carbonyl (C=O) groups is 2. The van der Waals surface area contributed by atoms with E-state index in [-0.39, 0.29) is 35.9 Å². The Labute approximate surface area is 216 Å². The van der Waals surface area contributed by atoms with Crippen molar-refractivity contribution in [1.29, 1.82) is 0 Å². The fraction of sp³-hybridized carbons (Fsp3) is 0.323. The molecule has 7 rings (SSSR count). The van der Waals surface area contributed by atoms with Gasteiger partial charge in [0.15, 0.2) is 0 Å². The average molecular weight is 495 g/mol. The van der Waals surface area contributed by atoms with Crippen molar-refractivity contribution in [3.63, 3.8) is 0 Å². The number of hydrazone groups is 1. The van der Waals surface area contributed by atoms with Crippen molar-refractivity contribution in [2.75, 3.05) is 0 Å². The summed E-state index contributed by atoms with van der Waals surface area (Å²) in [6.45, 7) is 7.82. The minimum Gasteiger partial charge on any atom is -0.491 e. The Morgan fingerprint density at radius 2 is 1.22 bits per heavy atom. The van der Waals surface area contributed by atoms with Gasteiger partial charge in [-0.05, 0) is 62.1 Å². The van der Waals surface area contributed by atoms with E-state index >= 15 is 0 Å². The smallest absolute Gasteiger partial charge is 0.254 e. The quantitative estimate of drug-likeness (QED) is 0.336. The maximum absolute atomic E-state index is 13.8. The van der Waals surface area contributed by atoms with E-state index in [2.05, 4.69) is 29.4 Å². The summed E-state index contributed by atoms with van der Waals surface area (Å²) in [4.78, 5) is 27.5. The zero-order valence-electron chi connectivity index (χ0n) is 21.4. The van der Waals surface area contributed by atoms with Crippen LogP contribution in [-0.2, 0) is 9.59 Å². The summed E-state index contributed by atoms with van der Waals surface area (Å²) in [5.74, 6) is -0.395. The third-order valence-electron chi connectivity index (χ3n) is 7.46. The second-order valence-electron chi connectivity index (χ2n) is 10.5. The van der Waals surface area contributed by atoms with Crippen LogP contribution in [0.4, 0.5) is 0 Å². The Hall–Kier alpha value is -3.93. The first-order valence-corrected chi connectivity index (χ1v) is 12.9. The Morgan fingerprint density at radius 1 is 0.730 bits per heavy atom. The number of nitrogens with zero attached hydrogens (tertiary/aromatic N) is 2. The zero-order chi connectivity index (χ0) is 25.8. The molecule has 6 heteroatoms. The van der Waals surface area contributed by atoms with E-state index in [4.69, 9.17) is 9.47 Å². The summed E-state index contributed by atoms with van der Waals surface area (Å²) in [7, 11) is 0. The molecular weight excluding hydrogens is 464 g/mol. The van der Waals surface area contributed by atoms with Crippen LogP contribution in [-0.4, -0.2) is 35.2 Å². The molecule has 0 radical (unpaired) electrons. The maximum Gasteiger partial charge on any atom is 0.254 e. The topological polar surface area (TPSA) is 68.2 Å². The lowest BCUT2D eigenvalue weighted by molar-refractivity contribution is -0.139. The fourth-order valence-corrected chi connectivity index (χ4v) is 6.22. The molecule has 2 atom stereocenters. The van der Waals surface area contributed by atoms with Gasteiger partial charge in [-0.15, -0.1) is 0 Å². The van der Waals surface area contributed by atoms with Crippen molar-refractivity contribution in [3.05, 3.63) is 94.5 Å². The summed E-state index contributed by atoms with van der Waals surface area (Å²) in [5, 5.41) is 5.54. The monoisotopic (exact) mass is 494 g/mol. The van der Waals surface area contributed by atoms with Crippen molar-refractivity contribution in [3.8, 4) is 11.5 Å². The normalized spacial score (nSPS) is 23.6. The highest BCUT2D eigenvalue weighted by molar-refractivity contribution is 6.08. The van der Waals surface area contributed by atoms with Crippen LogP contribution in [0.2, 0.25) is 0 Å². The van der Waals surface area contributed by atoms with Gasteiger partial charge in [0.25, 0.3) is 11.8 Å². The molecule has 4 aliphatic rings. The van der Waals surface area contributed by atoms with Gasteiger partial charge >= 0.3 is 0 Å². The van der Waals surface area contributed by atoms with Crippen LogP contribution in [0, 0.1) is 11.8 Å². The minimum atomic E-state index is -0.451. The van der Waals surface area contributed by atoms with Gasteiger partial charge in [0, 0.05) is 23.5 Å². The molecule has 0 N–H and O–H groups in total. The predicted molar refractivity (Wildman–Crippen MR) is 141 cm³/mol. The molecule has 2 amide bonds. The highest BCUT2D eigenvalue weighted by atomic mass is 16.5. The van der Waals surface area contributed by atoms with Gasteiger partial charge in [0.05, 0.1) is 30.3 Å². The Bertz CT molecular complexity index is 1310. The first kappa shape index (κ1) is 23.5. The summed E-state index contributed by atoms with van der Waals surface area (Å²) >= 11 is 0. The van der Waals surface area contributed by atoms with E-state index in [0.29, 0.717) is 17.1 Å². The van der Waals surface area contributed by atoms with Crippen LogP contribution in [0.3, 0.4) is 0 Å². The number of imide groups is 1. The molecule has 37 heavy (non-hydrogen) atoms. The molecule has 0 aromatic heterocycles. The van der Waals surface area contributed by atoms with Gasteiger partial charge in [0.2, 0.25) is 0 Å².